The minimum atomic E-state index is -0.149. The molecule has 27 heavy (non-hydrogen) atoms. The Balaban J connectivity index is 1.51. The summed E-state index contributed by atoms with van der Waals surface area (Å²) >= 11 is 0. The van der Waals surface area contributed by atoms with E-state index in [2.05, 4.69) is 0 Å². The number of likely N-dealkylation sites (tertiary alicyclic amines) is 1. The Morgan fingerprint density at radius 3 is 2.30 bits per heavy atom. The molecular weight excluding hydrogens is 342 g/mol. The highest BCUT2D eigenvalue weighted by atomic mass is 16.5. The van der Waals surface area contributed by atoms with Gasteiger partial charge in [-0.25, -0.2) is 0 Å². The fourth-order valence-corrected chi connectivity index (χ4v) is 3.20. The lowest BCUT2D eigenvalue weighted by atomic mass is 9.96. The number of nitrogens with zero attached hydrogens (tertiary/aromatic N) is 1. The van der Waals surface area contributed by atoms with Crippen molar-refractivity contribution in [2.75, 3.05) is 19.7 Å². The van der Waals surface area contributed by atoms with E-state index in [0.717, 1.165) is 11.3 Å². The molecule has 2 aromatic carbocycles. The van der Waals surface area contributed by atoms with Crippen LogP contribution in [-0.4, -0.2) is 36.5 Å². The van der Waals surface area contributed by atoms with E-state index in [1.807, 2.05) is 49.4 Å². The monoisotopic (exact) mass is 367 g/mol. The molecule has 3 rings (SSSR count). The van der Waals surface area contributed by atoms with Crippen LogP contribution in [0.1, 0.15) is 35.7 Å². The maximum atomic E-state index is 12.7. The van der Waals surface area contributed by atoms with Crippen molar-refractivity contribution in [2.45, 2.75) is 26.4 Å². The maximum absolute atomic E-state index is 12.7. The van der Waals surface area contributed by atoms with E-state index in [-0.39, 0.29) is 17.8 Å². The van der Waals surface area contributed by atoms with Crippen LogP contribution in [0.15, 0.2) is 54.6 Å². The summed E-state index contributed by atoms with van der Waals surface area (Å²) in [5, 5.41) is 0. The Morgan fingerprint density at radius 1 is 1.00 bits per heavy atom. The first kappa shape index (κ1) is 19.0. The number of piperidine rings is 1. The molecule has 0 atom stereocenters. The molecule has 0 aromatic heterocycles. The molecule has 1 saturated heterocycles. The normalized spacial score (nSPS) is 14.6. The minimum Gasteiger partial charge on any atom is -0.489 e. The average molecular weight is 367 g/mol. The zero-order chi connectivity index (χ0) is 19.1. The summed E-state index contributed by atoms with van der Waals surface area (Å²) in [6, 6.07) is 17.2. The van der Waals surface area contributed by atoms with Crippen molar-refractivity contribution in [3.05, 3.63) is 65.7 Å². The van der Waals surface area contributed by atoms with Gasteiger partial charge in [0.05, 0.1) is 12.5 Å². The zero-order valence-corrected chi connectivity index (χ0v) is 15.6. The predicted octanol–water partition coefficient (Wildman–Crippen LogP) is 3.68. The Bertz CT molecular complexity index is 750. The van der Waals surface area contributed by atoms with E-state index in [9.17, 15) is 9.59 Å². The number of hydrogen-bond acceptors (Lipinski definition) is 4. The van der Waals surface area contributed by atoms with Crippen LogP contribution >= 0.6 is 0 Å². The number of ether oxygens (including phenoxy) is 2. The van der Waals surface area contributed by atoms with Crippen molar-refractivity contribution >= 4 is 11.9 Å². The minimum absolute atomic E-state index is 0.00748. The van der Waals surface area contributed by atoms with E-state index < -0.39 is 0 Å². The summed E-state index contributed by atoms with van der Waals surface area (Å²) in [5.41, 5.74) is 1.73. The molecule has 1 heterocycles. The van der Waals surface area contributed by atoms with Crippen LogP contribution in [0.25, 0.3) is 0 Å². The lowest BCUT2D eigenvalue weighted by molar-refractivity contribution is -0.149. The number of esters is 1. The number of rotatable bonds is 6. The maximum Gasteiger partial charge on any atom is 0.309 e. The molecule has 1 fully saturated rings. The zero-order valence-electron chi connectivity index (χ0n) is 15.6. The van der Waals surface area contributed by atoms with Crippen molar-refractivity contribution in [1.29, 1.82) is 0 Å². The molecule has 0 unspecified atom stereocenters. The molecule has 0 aliphatic carbocycles. The molecule has 1 aliphatic heterocycles. The Hall–Kier alpha value is -2.82. The molecule has 142 valence electrons. The number of benzene rings is 2. The van der Waals surface area contributed by atoms with Gasteiger partial charge in [-0.1, -0.05) is 30.3 Å². The number of carbonyl (C=O) groups excluding carboxylic acids is 2. The number of carbonyl (C=O) groups is 2. The standard InChI is InChI=1S/C22H25NO4/c1-2-26-22(25)19-12-14-23(15-13-19)21(24)18-8-10-20(11-9-18)27-16-17-6-4-3-5-7-17/h3-11,19H,2,12-16H2,1H3. The van der Waals surface area contributed by atoms with Gasteiger partial charge in [-0.05, 0) is 49.6 Å². The fourth-order valence-electron chi connectivity index (χ4n) is 3.20. The third kappa shape index (κ3) is 5.09. The van der Waals surface area contributed by atoms with Crippen LogP contribution in [0.5, 0.6) is 5.75 Å². The lowest BCUT2D eigenvalue weighted by Gasteiger charge is -2.31. The molecule has 0 bridgehead atoms. The van der Waals surface area contributed by atoms with E-state index in [1.165, 1.54) is 0 Å². The van der Waals surface area contributed by atoms with Crippen molar-refractivity contribution < 1.29 is 19.1 Å². The van der Waals surface area contributed by atoms with E-state index >= 15 is 0 Å². The molecule has 1 aliphatic rings. The van der Waals surface area contributed by atoms with Crippen molar-refractivity contribution in [1.82, 2.24) is 4.90 Å². The summed E-state index contributed by atoms with van der Waals surface area (Å²) in [6.45, 7) is 3.86. The molecule has 5 nitrogen and oxygen atoms in total. The molecular formula is C22H25NO4. The third-order valence-corrected chi connectivity index (χ3v) is 4.75. The SMILES string of the molecule is CCOC(=O)C1CCN(C(=O)c2ccc(OCc3ccccc3)cc2)CC1. The highest BCUT2D eigenvalue weighted by Crippen LogP contribution is 2.21. The molecule has 5 heteroatoms. The Labute approximate surface area is 159 Å². The molecule has 1 amide bonds. The van der Waals surface area contributed by atoms with Crippen LogP contribution < -0.4 is 4.74 Å². The number of hydrogen-bond donors (Lipinski definition) is 0. The van der Waals surface area contributed by atoms with Gasteiger partial charge in [-0.3, -0.25) is 9.59 Å². The quantitative estimate of drug-likeness (QED) is 0.731. The second kappa shape index (κ2) is 9.21. The van der Waals surface area contributed by atoms with Crippen molar-refractivity contribution in [3.63, 3.8) is 0 Å². The van der Waals surface area contributed by atoms with Gasteiger partial charge < -0.3 is 14.4 Å². The summed E-state index contributed by atoms with van der Waals surface area (Å²) in [4.78, 5) is 26.3. The topological polar surface area (TPSA) is 55.8 Å². The first-order chi connectivity index (χ1) is 13.2. The third-order valence-electron chi connectivity index (χ3n) is 4.75. The summed E-state index contributed by atoms with van der Waals surface area (Å²) in [6.07, 6.45) is 1.31. The van der Waals surface area contributed by atoms with Gasteiger partial charge in [-0.15, -0.1) is 0 Å². The molecule has 0 radical (unpaired) electrons. The Kier molecular flexibility index (Phi) is 6.47. The van der Waals surface area contributed by atoms with E-state index in [4.69, 9.17) is 9.47 Å². The smallest absolute Gasteiger partial charge is 0.309 e. The van der Waals surface area contributed by atoms with Gasteiger partial charge in [0.15, 0.2) is 0 Å². The van der Waals surface area contributed by atoms with Crippen molar-refractivity contribution in [3.8, 4) is 5.75 Å². The largest absolute Gasteiger partial charge is 0.489 e. The fraction of sp³-hybridized carbons (Fsp3) is 0.364. The van der Waals surface area contributed by atoms with Gasteiger partial charge in [0, 0.05) is 18.7 Å². The number of amides is 1. The first-order valence-electron chi connectivity index (χ1n) is 9.40. The molecule has 0 N–H and O–H groups in total. The highest BCUT2D eigenvalue weighted by molar-refractivity contribution is 5.94. The summed E-state index contributed by atoms with van der Waals surface area (Å²) in [5.74, 6) is 0.482. The van der Waals surface area contributed by atoms with Gasteiger partial charge in [-0.2, -0.15) is 0 Å². The second-order valence-corrected chi connectivity index (χ2v) is 6.62. The molecule has 0 spiro atoms. The van der Waals surface area contributed by atoms with Crippen LogP contribution in [0.3, 0.4) is 0 Å². The lowest BCUT2D eigenvalue weighted by Crippen LogP contribution is -2.40. The van der Waals surface area contributed by atoms with Gasteiger partial charge >= 0.3 is 5.97 Å². The van der Waals surface area contributed by atoms with Crippen LogP contribution in [0, 0.1) is 5.92 Å². The summed E-state index contributed by atoms with van der Waals surface area (Å²) in [7, 11) is 0. The van der Waals surface area contributed by atoms with Crippen LogP contribution in [0.4, 0.5) is 0 Å². The van der Waals surface area contributed by atoms with Crippen LogP contribution in [0.2, 0.25) is 0 Å². The van der Waals surface area contributed by atoms with E-state index in [0.29, 0.717) is 44.7 Å². The van der Waals surface area contributed by atoms with Gasteiger partial charge in [0.1, 0.15) is 12.4 Å². The van der Waals surface area contributed by atoms with Crippen LogP contribution in [-0.2, 0) is 16.1 Å². The first-order valence-corrected chi connectivity index (χ1v) is 9.40. The van der Waals surface area contributed by atoms with Gasteiger partial charge in [0.25, 0.3) is 5.91 Å². The molecule has 2 aromatic rings. The Morgan fingerprint density at radius 2 is 1.67 bits per heavy atom. The molecule has 0 saturated carbocycles. The summed E-state index contributed by atoms with van der Waals surface area (Å²) < 4.78 is 10.8. The van der Waals surface area contributed by atoms with Crippen molar-refractivity contribution in [2.24, 2.45) is 5.92 Å². The van der Waals surface area contributed by atoms with E-state index in [1.54, 1.807) is 17.0 Å². The van der Waals surface area contributed by atoms with Gasteiger partial charge in [0.2, 0.25) is 0 Å². The predicted molar refractivity (Wildman–Crippen MR) is 102 cm³/mol. The average Bonchev–Trinajstić information content (AvgIpc) is 2.73. The highest BCUT2D eigenvalue weighted by Gasteiger charge is 2.28. The second-order valence-electron chi connectivity index (χ2n) is 6.62.